The van der Waals surface area contributed by atoms with Gasteiger partial charge in [0.25, 0.3) is 5.91 Å². The van der Waals surface area contributed by atoms with Crippen LogP contribution in [0.25, 0.3) is 0 Å². The fraction of sp³-hybridized carbons (Fsp3) is 0.200. The number of nitrogens with one attached hydrogen (secondary N) is 1. The maximum absolute atomic E-state index is 12.6. The lowest BCUT2D eigenvalue weighted by atomic mass is 10.1. The quantitative estimate of drug-likeness (QED) is 0.429. The maximum Gasteiger partial charge on any atom is 0.262 e. The molecule has 1 amide bonds. The van der Waals surface area contributed by atoms with Gasteiger partial charge in [0.2, 0.25) is 0 Å². The first-order valence-corrected chi connectivity index (χ1v) is 7.98. The molecule has 24 heavy (non-hydrogen) atoms. The number of amides is 1. The highest BCUT2D eigenvalue weighted by Crippen LogP contribution is 2.30. The molecule has 2 heterocycles. The van der Waals surface area contributed by atoms with Crippen LogP contribution < -0.4 is 21.5 Å². The van der Waals surface area contributed by atoms with Crippen molar-refractivity contribution in [3.63, 3.8) is 0 Å². The number of nitrogens with zero attached hydrogens (tertiary/aromatic N) is 2. The summed E-state index contributed by atoms with van der Waals surface area (Å²) < 4.78 is 5.28. The molecule has 124 valence electrons. The Labute approximate surface area is 142 Å². The third kappa shape index (κ3) is 3.40. The van der Waals surface area contributed by atoms with Crippen molar-refractivity contribution in [3.8, 4) is 5.75 Å². The summed E-state index contributed by atoms with van der Waals surface area (Å²) in [4.78, 5) is 32.1. The zero-order valence-corrected chi connectivity index (χ0v) is 13.6. The minimum absolute atomic E-state index is 0.0270. The number of aromatic nitrogens is 2. The topological polar surface area (TPSA) is 133 Å². The number of Topliss-reactive ketones (excluding diaryl/α,β-unsaturated/α-hetero) is 1. The average Bonchev–Trinajstić information content (AvgIpc) is 2.52. The highest BCUT2D eigenvalue weighted by atomic mass is 32.2. The number of benzene rings is 1. The molecule has 0 saturated carbocycles. The van der Waals surface area contributed by atoms with Crippen LogP contribution in [0.5, 0.6) is 5.75 Å². The van der Waals surface area contributed by atoms with E-state index >= 15 is 0 Å². The van der Waals surface area contributed by atoms with Crippen molar-refractivity contribution < 1.29 is 14.3 Å². The van der Waals surface area contributed by atoms with E-state index in [1.54, 1.807) is 25.1 Å². The van der Waals surface area contributed by atoms with Crippen LogP contribution in [-0.4, -0.2) is 33.5 Å². The van der Waals surface area contributed by atoms with Gasteiger partial charge in [-0.2, -0.15) is 0 Å². The van der Waals surface area contributed by atoms with Crippen LogP contribution in [0.15, 0.2) is 29.4 Å². The standard InChI is InChI=1S/C15H15N5O3S/c1-7(24-15-19-11(16)5-12(17)20-15)14(22)8-2-3-10-9(4-8)18-13(21)6-23-10/h2-5,7H,6H2,1H3,(H,18,21)(H4,16,17,19,20)/t7-/m0/s1. The summed E-state index contributed by atoms with van der Waals surface area (Å²) in [5.74, 6) is 0.653. The van der Waals surface area contributed by atoms with Gasteiger partial charge in [-0.25, -0.2) is 9.97 Å². The molecule has 0 fully saturated rings. The Hall–Kier alpha value is -2.81. The van der Waals surface area contributed by atoms with Gasteiger partial charge in [0, 0.05) is 11.6 Å². The molecule has 2 aromatic rings. The van der Waals surface area contributed by atoms with Crippen molar-refractivity contribution >= 4 is 40.8 Å². The van der Waals surface area contributed by atoms with E-state index in [-0.39, 0.29) is 29.9 Å². The van der Waals surface area contributed by atoms with Gasteiger partial charge in [-0.05, 0) is 25.1 Å². The minimum atomic E-state index is -0.454. The molecular formula is C15H15N5O3S. The van der Waals surface area contributed by atoms with E-state index < -0.39 is 5.25 Å². The molecule has 8 nitrogen and oxygen atoms in total. The van der Waals surface area contributed by atoms with Gasteiger partial charge in [-0.1, -0.05) is 11.8 Å². The first-order chi connectivity index (χ1) is 11.4. The lowest BCUT2D eigenvalue weighted by Crippen LogP contribution is -2.25. The number of ketones is 1. The summed E-state index contributed by atoms with van der Waals surface area (Å²) >= 11 is 1.16. The highest BCUT2D eigenvalue weighted by Gasteiger charge is 2.22. The van der Waals surface area contributed by atoms with Gasteiger partial charge in [-0.3, -0.25) is 9.59 Å². The summed E-state index contributed by atoms with van der Waals surface area (Å²) in [5.41, 5.74) is 12.2. The number of hydrogen-bond donors (Lipinski definition) is 3. The molecule has 1 aliphatic rings. The first kappa shape index (κ1) is 16.1. The number of thioether (sulfide) groups is 1. The Balaban J connectivity index is 1.78. The van der Waals surface area contributed by atoms with Gasteiger partial charge >= 0.3 is 0 Å². The van der Waals surface area contributed by atoms with Crippen LogP contribution in [0, 0.1) is 0 Å². The predicted octanol–water partition coefficient (Wildman–Crippen LogP) is 1.34. The van der Waals surface area contributed by atoms with Crippen molar-refractivity contribution in [1.82, 2.24) is 9.97 Å². The number of anilines is 3. The van der Waals surface area contributed by atoms with Gasteiger partial charge in [-0.15, -0.1) is 0 Å². The van der Waals surface area contributed by atoms with Crippen molar-refractivity contribution in [2.24, 2.45) is 0 Å². The van der Waals surface area contributed by atoms with E-state index in [1.807, 2.05) is 0 Å². The SMILES string of the molecule is C[C@H](Sc1nc(N)cc(N)n1)C(=O)c1ccc2c(c1)NC(=O)CO2. The van der Waals surface area contributed by atoms with Crippen molar-refractivity contribution in [1.29, 1.82) is 0 Å². The van der Waals surface area contributed by atoms with Crippen LogP contribution in [0.1, 0.15) is 17.3 Å². The Morgan fingerprint density at radius 2 is 2.00 bits per heavy atom. The van der Waals surface area contributed by atoms with Gasteiger partial charge in [0.05, 0.1) is 10.9 Å². The zero-order valence-electron chi connectivity index (χ0n) is 12.8. The largest absolute Gasteiger partial charge is 0.482 e. The third-order valence-corrected chi connectivity index (χ3v) is 4.25. The van der Waals surface area contributed by atoms with E-state index in [9.17, 15) is 9.59 Å². The number of ether oxygens (including phenoxy) is 1. The molecule has 1 aromatic heterocycles. The van der Waals surface area contributed by atoms with E-state index in [0.29, 0.717) is 22.2 Å². The molecule has 1 aromatic carbocycles. The number of fused-ring (bicyclic) bond motifs is 1. The summed E-state index contributed by atoms with van der Waals surface area (Å²) in [7, 11) is 0. The smallest absolute Gasteiger partial charge is 0.262 e. The van der Waals surface area contributed by atoms with E-state index in [4.69, 9.17) is 16.2 Å². The predicted molar refractivity (Wildman–Crippen MR) is 91.1 cm³/mol. The molecule has 0 radical (unpaired) electrons. The number of nitrogen functional groups attached to an aromatic ring is 2. The molecule has 9 heteroatoms. The molecule has 0 spiro atoms. The van der Waals surface area contributed by atoms with Crippen LogP contribution >= 0.6 is 11.8 Å². The molecule has 5 N–H and O–H groups in total. The Morgan fingerprint density at radius 1 is 1.29 bits per heavy atom. The fourth-order valence-electron chi connectivity index (χ4n) is 2.20. The number of rotatable bonds is 4. The summed E-state index contributed by atoms with van der Waals surface area (Å²) in [6, 6.07) is 6.36. The number of carbonyl (C=O) groups is 2. The monoisotopic (exact) mass is 345 g/mol. The second kappa shape index (κ2) is 6.36. The molecule has 0 aliphatic carbocycles. The fourth-order valence-corrected chi connectivity index (χ4v) is 3.07. The van der Waals surface area contributed by atoms with Crippen LogP contribution in [0.3, 0.4) is 0 Å². The number of hydrogen-bond acceptors (Lipinski definition) is 8. The van der Waals surface area contributed by atoms with Gasteiger partial charge in [0.15, 0.2) is 17.5 Å². The second-order valence-electron chi connectivity index (χ2n) is 5.17. The maximum atomic E-state index is 12.6. The Bertz CT molecular complexity index is 807. The lowest BCUT2D eigenvalue weighted by Gasteiger charge is -2.19. The normalized spacial score (nSPS) is 14.3. The van der Waals surface area contributed by atoms with Crippen molar-refractivity contribution in [2.75, 3.05) is 23.4 Å². The average molecular weight is 345 g/mol. The molecular weight excluding hydrogens is 330 g/mol. The molecule has 1 atom stereocenters. The minimum Gasteiger partial charge on any atom is -0.482 e. The lowest BCUT2D eigenvalue weighted by molar-refractivity contribution is -0.118. The highest BCUT2D eigenvalue weighted by molar-refractivity contribution is 8.00. The van der Waals surface area contributed by atoms with Gasteiger partial charge in [0.1, 0.15) is 17.4 Å². The third-order valence-electron chi connectivity index (χ3n) is 3.29. The van der Waals surface area contributed by atoms with E-state index in [1.165, 1.54) is 6.07 Å². The van der Waals surface area contributed by atoms with Crippen molar-refractivity contribution in [2.45, 2.75) is 17.3 Å². The molecule has 3 rings (SSSR count). The summed E-state index contributed by atoms with van der Waals surface area (Å²) in [5, 5.41) is 2.56. The van der Waals surface area contributed by atoms with Crippen LogP contribution in [0.2, 0.25) is 0 Å². The molecule has 0 unspecified atom stereocenters. The number of carbonyl (C=O) groups excluding carboxylic acids is 2. The second-order valence-corrected chi connectivity index (χ2v) is 6.48. The van der Waals surface area contributed by atoms with Gasteiger partial charge < -0.3 is 21.5 Å². The van der Waals surface area contributed by atoms with E-state index in [0.717, 1.165) is 11.8 Å². The van der Waals surface area contributed by atoms with Crippen LogP contribution in [-0.2, 0) is 4.79 Å². The molecule has 0 saturated heterocycles. The number of nitrogens with two attached hydrogens (primary N) is 2. The first-order valence-electron chi connectivity index (χ1n) is 7.10. The Morgan fingerprint density at radius 3 is 2.71 bits per heavy atom. The van der Waals surface area contributed by atoms with E-state index in [2.05, 4.69) is 15.3 Å². The summed E-state index contributed by atoms with van der Waals surface area (Å²) in [6.07, 6.45) is 0. The summed E-state index contributed by atoms with van der Waals surface area (Å²) in [6.45, 7) is 1.71. The van der Waals surface area contributed by atoms with Crippen molar-refractivity contribution in [3.05, 3.63) is 29.8 Å². The van der Waals surface area contributed by atoms with Crippen LogP contribution in [0.4, 0.5) is 17.3 Å². The molecule has 1 aliphatic heterocycles. The zero-order chi connectivity index (χ0) is 17.3. The Kier molecular flexibility index (Phi) is 4.26. The molecule has 0 bridgehead atoms.